The summed E-state index contributed by atoms with van der Waals surface area (Å²) in [5.41, 5.74) is 1.17. The van der Waals surface area contributed by atoms with Gasteiger partial charge in [0.2, 0.25) is 0 Å². The average molecular weight is 346 g/mol. The van der Waals surface area contributed by atoms with E-state index in [1.807, 2.05) is 18.0 Å². The Labute approximate surface area is 150 Å². The van der Waals surface area contributed by atoms with E-state index >= 15 is 0 Å². The number of aliphatic hydroxyl groups excluding tert-OH is 1. The van der Waals surface area contributed by atoms with Crippen LogP contribution in [0.1, 0.15) is 44.1 Å². The van der Waals surface area contributed by atoms with E-state index in [0.717, 1.165) is 57.6 Å². The number of anilines is 1. The highest BCUT2D eigenvalue weighted by Gasteiger charge is 2.29. The quantitative estimate of drug-likeness (QED) is 0.878. The van der Waals surface area contributed by atoms with Crippen molar-refractivity contribution in [3.63, 3.8) is 0 Å². The van der Waals surface area contributed by atoms with Gasteiger partial charge in [0.1, 0.15) is 5.82 Å². The molecule has 2 amide bonds. The van der Waals surface area contributed by atoms with E-state index in [9.17, 15) is 9.90 Å². The van der Waals surface area contributed by atoms with Gasteiger partial charge < -0.3 is 20.2 Å². The molecular formula is C19H30N4O2. The molecule has 2 aliphatic heterocycles. The van der Waals surface area contributed by atoms with E-state index in [-0.39, 0.29) is 24.7 Å². The van der Waals surface area contributed by atoms with Gasteiger partial charge in [0, 0.05) is 44.5 Å². The molecule has 1 unspecified atom stereocenters. The fourth-order valence-electron chi connectivity index (χ4n) is 3.87. The van der Waals surface area contributed by atoms with Gasteiger partial charge in [0.25, 0.3) is 0 Å². The van der Waals surface area contributed by atoms with Crippen molar-refractivity contribution in [2.75, 3.05) is 31.1 Å². The van der Waals surface area contributed by atoms with Crippen LogP contribution in [0.4, 0.5) is 10.6 Å². The van der Waals surface area contributed by atoms with E-state index in [1.54, 1.807) is 0 Å². The van der Waals surface area contributed by atoms with Gasteiger partial charge in [-0.1, -0.05) is 6.07 Å². The number of aryl methyl sites for hydroxylation is 1. The van der Waals surface area contributed by atoms with Crippen molar-refractivity contribution in [1.29, 1.82) is 0 Å². The number of aromatic nitrogens is 1. The molecule has 2 aliphatic rings. The first-order valence-electron chi connectivity index (χ1n) is 9.53. The Morgan fingerprint density at radius 1 is 1.24 bits per heavy atom. The van der Waals surface area contributed by atoms with Crippen LogP contribution in [0.2, 0.25) is 0 Å². The molecule has 6 heteroatoms. The lowest BCUT2D eigenvalue weighted by Crippen LogP contribution is -2.53. The van der Waals surface area contributed by atoms with Crippen molar-refractivity contribution in [1.82, 2.24) is 15.2 Å². The van der Waals surface area contributed by atoms with Crippen LogP contribution < -0.4 is 10.2 Å². The molecule has 0 spiro atoms. The van der Waals surface area contributed by atoms with Crippen LogP contribution in [-0.4, -0.2) is 59.3 Å². The summed E-state index contributed by atoms with van der Waals surface area (Å²) in [6.45, 7) is 4.84. The molecule has 138 valence electrons. The molecule has 3 rings (SSSR count). The van der Waals surface area contributed by atoms with Gasteiger partial charge in [-0.2, -0.15) is 0 Å². The number of carbonyl (C=O) groups is 1. The number of nitrogens with one attached hydrogen (secondary N) is 1. The summed E-state index contributed by atoms with van der Waals surface area (Å²) in [5, 5.41) is 12.4. The van der Waals surface area contributed by atoms with Gasteiger partial charge >= 0.3 is 6.03 Å². The first-order valence-corrected chi connectivity index (χ1v) is 9.53. The lowest BCUT2D eigenvalue weighted by Gasteiger charge is -2.38. The maximum Gasteiger partial charge on any atom is 0.317 e. The summed E-state index contributed by atoms with van der Waals surface area (Å²) in [6, 6.07) is 4.63. The first kappa shape index (κ1) is 18.0. The van der Waals surface area contributed by atoms with E-state index in [2.05, 4.69) is 27.3 Å². The number of rotatable bonds is 4. The highest BCUT2D eigenvalue weighted by molar-refractivity contribution is 5.75. The Morgan fingerprint density at radius 3 is 2.72 bits per heavy atom. The van der Waals surface area contributed by atoms with Gasteiger partial charge in [-0.05, 0) is 57.1 Å². The molecule has 0 bridgehead atoms. The standard InChI is InChI=1S/C19H30N4O2/c1-15-5-6-18(20-14-15)22-11-7-16(8-12-22)21-19(25)23-10-3-2-4-17(23)9-13-24/h5-6,14,16-17,24H,2-4,7-13H2,1H3,(H,21,25). The average Bonchev–Trinajstić information content (AvgIpc) is 2.64. The highest BCUT2D eigenvalue weighted by atomic mass is 16.3. The van der Waals surface area contributed by atoms with Crippen molar-refractivity contribution in [2.24, 2.45) is 0 Å². The highest BCUT2D eigenvalue weighted by Crippen LogP contribution is 2.21. The van der Waals surface area contributed by atoms with Gasteiger partial charge in [0.05, 0.1) is 0 Å². The lowest BCUT2D eigenvalue weighted by molar-refractivity contribution is 0.128. The van der Waals surface area contributed by atoms with Crippen LogP contribution in [0.15, 0.2) is 18.3 Å². The van der Waals surface area contributed by atoms with E-state index < -0.39 is 0 Å². The largest absolute Gasteiger partial charge is 0.396 e. The second kappa shape index (κ2) is 8.52. The lowest BCUT2D eigenvalue weighted by atomic mass is 10.00. The van der Waals surface area contributed by atoms with E-state index in [1.165, 1.54) is 5.56 Å². The topological polar surface area (TPSA) is 68.7 Å². The van der Waals surface area contributed by atoms with Gasteiger partial charge in [-0.25, -0.2) is 9.78 Å². The van der Waals surface area contributed by atoms with E-state index in [0.29, 0.717) is 6.42 Å². The number of pyridine rings is 1. The summed E-state index contributed by atoms with van der Waals surface area (Å²) in [6.07, 6.45) is 7.69. The molecule has 1 aromatic rings. The van der Waals surface area contributed by atoms with Gasteiger partial charge in [-0.3, -0.25) is 0 Å². The molecule has 0 aliphatic carbocycles. The summed E-state index contributed by atoms with van der Waals surface area (Å²) in [7, 11) is 0. The summed E-state index contributed by atoms with van der Waals surface area (Å²) in [4.78, 5) is 21.4. The molecular weight excluding hydrogens is 316 g/mol. The number of nitrogens with zero attached hydrogens (tertiary/aromatic N) is 3. The third kappa shape index (κ3) is 4.63. The molecule has 1 aromatic heterocycles. The molecule has 25 heavy (non-hydrogen) atoms. The van der Waals surface area contributed by atoms with Crippen LogP contribution in [-0.2, 0) is 0 Å². The van der Waals surface area contributed by atoms with Crippen molar-refractivity contribution in [3.05, 3.63) is 23.9 Å². The molecule has 2 saturated heterocycles. The number of hydrogen-bond acceptors (Lipinski definition) is 4. The second-order valence-corrected chi connectivity index (χ2v) is 7.26. The van der Waals surface area contributed by atoms with Crippen LogP contribution in [0, 0.1) is 6.92 Å². The summed E-state index contributed by atoms with van der Waals surface area (Å²) >= 11 is 0. The van der Waals surface area contributed by atoms with Gasteiger partial charge in [0.15, 0.2) is 0 Å². The van der Waals surface area contributed by atoms with Crippen LogP contribution in [0.3, 0.4) is 0 Å². The van der Waals surface area contributed by atoms with Crippen LogP contribution >= 0.6 is 0 Å². The maximum absolute atomic E-state index is 12.6. The SMILES string of the molecule is Cc1ccc(N2CCC(NC(=O)N3CCCCC3CCO)CC2)nc1. The van der Waals surface area contributed by atoms with Crippen LogP contribution in [0.25, 0.3) is 0 Å². The summed E-state index contributed by atoms with van der Waals surface area (Å²) < 4.78 is 0. The Balaban J connectivity index is 1.49. The zero-order valence-corrected chi connectivity index (χ0v) is 15.2. The van der Waals surface area contributed by atoms with Crippen LogP contribution in [0.5, 0.6) is 0 Å². The molecule has 0 aromatic carbocycles. The molecule has 3 heterocycles. The third-order valence-corrected chi connectivity index (χ3v) is 5.39. The van der Waals surface area contributed by atoms with Crippen molar-refractivity contribution < 1.29 is 9.90 Å². The molecule has 0 saturated carbocycles. The van der Waals surface area contributed by atoms with Crippen molar-refractivity contribution in [3.8, 4) is 0 Å². The minimum Gasteiger partial charge on any atom is -0.396 e. The molecule has 0 radical (unpaired) electrons. The minimum atomic E-state index is 0.0464. The smallest absolute Gasteiger partial charge is 0.317 e. The number of urea groups is 1. The number of carbonyl (C=O) groups excluding carboxylic acids is 1. The van der Waals surface area contributed by atoms with Gasteiger partial charge in [-0.15, -0.1) is 0 Å². The maximum atomic E-state index is 12.6. The Kier molecular flexibility index (Phi) is 6.13. The first-order chi connectivity index (χ1) is 12.2. The molecule has 2 fully saturated rings. The second-order valence-electron chi connectivity index (χ2n) is 7.26. The minimum absolute atomic E-state index is 0.0464. The third-order valence-electron chi connectivity index (χ3n) is 5.39. The Morgan fingerprint density at radius 2 is 2.04 bits per heavy atom. The predicted octanol–water partition coefficient (Wildman–Crippen LogP) is 2.31. The van der Waals surface area contributed by atoms with Crippen molar-refractivity contribution >= 4 is 11.8 Å². The fourth-order valence-corrected chi connectivity index (χ4v) is 3.87. The van der Waals surface area contributed by atoms with Crippen molar-refractivity contribution in [2.45, 2.75) is 57.5 Å². The fraction of sp³-hybridized carbons (Fsp3) is 0.684. The molecule has 6 nitrogen and oxygen atoms in total. The number of aliphatic hydroxyl groups is 1. The zero-order valence-electron chi connectivity index (χ0n) is 15.2. The monoisotopic (exact) mass is 346 g/mol. The number of likely N-dealkylation sites (tertiary alicyclic amines) is 1. The summed E-state index contributed by atoms with van der Waals surface area (Å²) in [5.74, 6) is 1.02. The van der Waals surface area contributed by atoms with E-state index in [4.69, 9.17) is 0 Å². The Hall–Kier alpha value is -1.82. The number of amides is 2. The molecule has 2 N–H and O–H groups in total. The molecule has 1 atom stereocenters. The number of hydrogen-bond donors (Lipinski definition) is 2. The number of piperidine rings is 2. The zero-order chi connectivity index (χ0) is 17.6. The predicted molar refractivity (Wildman–Crippen MR) is 98.8 cm³/mol. The Bertz CT molecular complexity index is 553. The normalized spacial score (nSPS) is 22.1.